The maximum Gasteiger partial charge on any atom is 0.303 e. The number of hydrogen-bond acceptors (Lipinski definition) is 3. The van der Waals surface area contributed by atoms with Crippen LogP contribution in [0.1, 0.15) is 17.8 Å². The number of nitrogens with zero attached hydrogens (tertiary/aromatic N) is 1. The molecule has 2 N–H and O–H groups in total. The molecule has 0 aliphatic heterocycles. The smallest absolute Gasteiger partial charge is 0.303 e. The van der Waals surface area contributed by atoms with E-state index in [1.54, 1.807) is 0 Å². The highest BCUT2D eigenvalue weighted by Gasteiger charge is 2.06. The van der Waals surface area contributed by atoms with Crippen molar-refractivity contribution in [2.75, 3.05) is 0 Å². The average molecular weight is 346 g/mol. The fourth-order valence-corrected chi connectivity index (χ4v) is 2.98. The second kappa shape index (κ2) is 6.88. The summed E-state index contributed by atoms with van der Waals surface area (Å²) in [6.45, 7) is 0.395. The summed E-state index contributed by atoms with van der Waals surface area (Å²) >= 11 is 0. The van der Waals surface area contributed by atoms with Crippen LogP contribution in [-0.4, -0.2) is 21.0 Å². The first-order valence-electron chi connectivity index (χ1n) is 8.48. The van der Waals surface area contributed by atoms with Crippen LogP contribution in [0.2, 0.25) is 0 Å². The SMILES string of the molecule is O=C(O)CCc1cc2cc(OCc3ccc4ccccc4n3)ccc2[nH]1. The van der Waals surface area contributed by atoms with Gasteiger partial charge in [-0.1, -0.05) is 24.3 Å². The van der Waals surface area contributed by atoms with E-state index in [2.05, 4.69) is 9.97 Å². The van der Waals surface area contributed by atoms with E-state index in [1.807, 2.05) is 60.7 Å². The predicted molar refractivity (Wildman–Crippen MR) is 100 cm³/mol. The Morgan fingerprint density at radius 1 is 1.04 bits per heavy atom. The minimum Gasteiger partial charge on any atom is -0.487 e. The van der Waals surface area contributed by atoms with E-state index in [9.17, 15) is 4.79 Å². The molecule has 130 valence electrons. The quantitative estimate of drug-likeness (QED) is 0.545. The van der Waals surface area contributed by atoms with Crippen LogP contribution in [0.15, 0.2) is 60.7 Å². The van der Waals surface area contributed by atoms with E-state index in [4.69, 9.17) is 9.84 Å². The van der Waals surface area contributed by atoms with Crippen molar-refractivity contribution in [1.82, 2.24) is 9.97 Å². The molecule has 0 saturated heterocycles. The summed E-state index contributed by atoms with van der Waals surface area (Å²) in [5.74, 6) is -0.0354. The van der Waals surface area contributed by atoms with Crippen LogP contribution in [0.5, 0.6) is 5.75 Å². The number of benzene rings is 2. The Hall–Kier alpha value is -3.34. The lowest BCUT2D eigenvalue weighted by atomic mass is 10.2. The number of rotatable bonds is 6. The second-order valence-electron chi connectivity index (χ2n) is 6.22. The maximum atomic E-state index is 10.7. The van der Waals surface area contributed by atoms with Crippen LogP contribution < -0.4 is 4.74 Å². The van der Waals surface area contributed by atoms with E-state index in [-0.39, 0.29) is 6.42 Å². The number of aryl methyl sites for hydroxylation is 1. The van der Waals surface area contributed by atoms with Gasteiger partial charge in [0.05, 0.1) is 17.6 Å². The van der Waals surface area contributed by atoms with E-state index in [0.717, 1.165) is 38.9 Å². The van der Waals surface area contributed by atoms with Crippen molar-refractivity contribution in [2.24, 2.45) is 0 Å². The van der Waals surface area contributed by atoms with Crippen LogP contribution in [-0.2, 0) is 17.8 Å². The molecule has 0 aliphatic rings. The van der Waals surface area contributed by atoms with Gasteiger partial charge in [-0.05, 0) is 42.8 Å². The molecule has 0 atom stereocenters. The lowest BCUT2D eigenvalue weighted by Crippen LogP contribution is -1.98. The van der Waals surface area contributed by atoms with Gasteiger partial charge in [0.1, 0.15) is 12.4 Å². The van der Waals surface area contributed by atoms with Gasteiger partial charge in [-0.2, -0.15) is 0 Å². The molecule has 4 aromatic rings. The minimum atomic E-state index is -0.796. The molecule has 0 fully saturated rings. The molecule has 2 aromatic carbocycles. The number of fused-ring (bicyclic) bond motifs is 2. The molecule has 0 amide bonds. The highest BCUT2D eigenvalue weighted by atomic mass is 16.5. The van der Waals surface area contributed by atoms with E-state index in [1.165, 1.54) is 0 Å². The number of aliphatic carboxylic acids is 1. The van der Waals surface area contributed by atoms with Gasteiger partial charge in [-0.15, -0.1) is 0 Å². The predicted octanol–water partition coefficient (Wildman–Crippen LogP) is 4.31. The zero-order chi connectivity index (χ0) is 17.9. The molecular formula is C21H18N2O3. The molecule has 5 heteroatoms. The molecule has 5 nitrogen and oxygen atoms in total. The first-order chi connectivity index (χ1) is 12.7. The molecule has 0 unspecified atom stereocenters. The van der Waals surface area contributed by atoms with Crippen molar-refractivity contribution >= 4 is 27.8 Å². The van der Waals surface area contributed by atoms with Crippen LogP contribution in [0.25, 0.3) is 21.8 Å². The molecule has 2 heterocycles. The van der Waals surface area contributed by atoms with E-state index in [0.29, 0.717) is 13.0 Å². The Bertz CT molecular complexity index is 1080. The number of carbonyl (C=O) groups is 1. The number of hydrogen-bond donors (Lipinski definition) is 2. The third kappa shape index (κ3) is 3.52. The van der Waals surface area contributed by atoms with Gasteiger partial charge in [0, 0.05) is 22.0 Å². The minimum absolute atomic E-state index is 0.115. The van der Waals surface area contributed by atoms with Crippen LogP contribution >= 0.6 is 0 Å². The zero-order valence-corrected chi connectivity index (χ0v) is 14.1. The third-order valence-electron chi connectivity index (χ3n) is 4.30. The molecule has 4 rings (SSSR count). The van der Waals surface area contributed by atoms with Gasteiger partial charge in [0.15, 0.2) is 0 Å². The van der Waals surface area contributed by atoms with Crippen molar-refractivity contribution in [3.63, 3.8) is 0 Å². The maximum absolute atomic E-state index is 10.7. The topological polar surface area (TPSA) is 75.2 Å². The monoisotopic (exact) mass is 346 g/mol. The average Bonchev–Trinajstić information content (AvgIpc) is 3.07. The van der Waals surface area contributed by atoms with Gasteiger partial charge in [0.25, 0.3) is 0 Å². The summed E-state index contributed by atoms with van der Waals surface area (Å²) in [6, 6.07) is 19.8. The lowest BCUT2D eigenvalue weighted by molar-refractivity contribution is -0.136. The van der Waals surface area contributed by atoms with Gasteiger partial charge < -0.3 is 14.8 Å². The lowest BCUT2D eigenvalue weighted by Gasteiger charge is -2.07. The number of H-pyrrole nitrogens is 1. The van der Waals surface area contributed by atoms with Gasteiger partial charge in [-0.25, -0.2) is 4.98 Å². The Morgan fingerprint density at radius 3 is 2.81 bits per heavy atom. The molecular weight excluding hydrogens is 328 g/mol. The summed E-state index contributed by atoms with van der Waals surface area (Å²) < 4.78 is 5.89. The molecule has 26 heavy (non-hydrogen) atoms. The number of aromatic amines is 1. The first-order valence-corrected chi connectivity index (χ1v) is 8.48. The fraction of sp³-hybridized carbons (Fsp3) is 0.143. The highest BCUT2D eigenvalue weighted by Crippen LogP contribution is 2.23. The Morgan fingerprint density at radius 2 is 1.92 bits per heavy atom. The number of ether oxygens (including phenoxy) is 1. The molecule has 0 bridgehead atoms. The number of aromatic nitrogens is 2. The summed E-state index contributed by atoms with van der Waals surface area (Å²) in [5.41, 5.74) is 3.72. The van der Waals surface area contributed by atoms with Crippen molar-refractivity contribution in [3.05, 3.63) is 72.1 Å². The zero-order valence-electron chi connectivity index (χ0n) is 14.1. The summed E-state index contributed by atoms with van der Waals surface area (Å²) in [5, 5.41) is 10.9. The van der Waals surface area contributed by atoms with Crippen molar-refractivity contribution in [1.29, 1.82) is 0 Å². The fourth-order valence-electron chi connectivity index (χ4n) is 2.98. The number of nitrogens with one attached hydrogen (secondary N) is 1. The van der Waals surface area contributed by atoms with Crippen LogP contribution in [0, 0.1) is 0 Å². The number of carboxylic acids is 1. The molecule has 0 saturated carbocycles. The summed E-state index contributed by atoms with van der Waals surface area (Å²) in [6.07, 6.45) is 0.602. The Labute approximate surface area is 150 Å². The van der Waals surface area contributed by atoms with Gasteiger partial charge in [0.2, 0.25) is 0 Å². The van der Waals surface area contributed by atoms with Crippen LogP contribution in [0.4, 0.5) is 0 Å². The number of para-hydroxylation sites is 1. The third-order valence-corrected chi connectivity index (χ3v) is 4.30. The normalized spacial score (nSPS) is 11.1. The number of carboxylic acid groups (broad SMARTS) is 1. The van der Waals surface area contributed by atoms with Crippen molar-refractivity contribution in [3.8, 4) is 5.75 Å². The second-order valence-corrected chi connectivity index (χ2v) is 6.22. The van der Waals surface area contributed by atoms with Crippen LogP contribution in [0.3, 0.4) is 0 Å². The molecule has 0 spiro atoms. The highest BCUT2D eigenvalue weighted by molar-refractivity contribution is 5.82. The Kier molecular flexibility index (Phi) is 4.27. The van der Waals surface area contributed by atoms with Gasteiger partial charge >= 0.3 is 5.97 Å². The first kappa shape index (κ1) is 16.1. The largest absolute Gasteiger partial charge is 0.487 e. The van der Waals surface area contributed by atoms with Crippen molar-refractivity contribution < 1.29 is 14.6 Å². The van der Waals surface area contributed by atoms with Gasteiger partial charge in [-0.3, -0.25) is 4.79 Å². The summed E-state index contributed by atoms with van der Waals surface area (Å²) in [4.78, 5) is 18.6. The molecule has 0 aliphatic carbocycles. The summed E-state index contributed by atoms with van der Waals surface area (Å²) in [7, 11) is 0. The molecule has 0 radical (unpaired) electrons. The standard InChI is InChI=1S/C21H18N2O3/c24-21(25)10-7-16-11-15-12-18(8-9-20(15)22-16)26-13-17-6-5-14-3-1-2-4-19(14)23-17/h1-6,8-9,11-12,22H,7,10,13H2,(H,24,25). The Balaban J connectivity index is 1.48. The van der Waals surface area contributed by atoms with Crippen molar-refractivity contribution in [2.45, 2.75) is 19.4 Å². The van der Waals surface area contributed by atoms with E-state index < -0.39 is 5.97 Å². The van der Waals surface area contributed by atoms with E-state index >= 15 is 0 Å². The molecule has 2 aromatic heterocycles. The number of pyridine rings is 1.